The van der Waals surface area contributed by atoms with Crippen LogP contribution in [0, 0.1) is 29.1 Å². The Morgan fingerprint density at radius 3 is 2.82 bits per heavy atom. The molecule has 3 nitrogen and oxygen atoms in total. The summed E-state index contributed by atoms with van der Waals surface area (Å²) < 4.78 is 11.1. The maximum absolute atomic E-state index is 13.0. The summed E-state index contributed by atoms with van der Waals surface area (Å²) in [5.74, 6) is 2.48. The second kappa shape index (κ2) is 5.14. The number of rotatable bonds is 1. The lowest BCUT2D eigenvalue weighted by atomic mass is 9.50. The summed E-state index contributed by atoms with van der Waals surface area (Å²) in [6, 6.07) is 1.94. The van der Waals surface area contributed by atoms with Crippen LogP contribution in [0.4, 0.5) is 0 Å². The molecule has 1 aromatic rings. The van der Waals surface area contributed by atoms with Crippen LogP contribution in [0.25, 0.3) is 0 Å². The van der Waals surface area contributed by atoms with E-state index >= 15 is 0 Å². The molecular weight excluding hydrogens is 276 g/mol. The quantitative estimate of drug-likeness (QED) is 0.704. The number of furan rings is 1. The Bertz CT molecular complexity index is 549. The highest BCUT2D eigenvalue weighted by atomic mass is 16.6. The first-order valence-electron chi connectivity index (χ1n) is 8.86. The lowest BCUT2D eigenvalue weighted by molar-refractivity contribution is -0.161. The van der Waals surface area contributed by atoms with Gasteiger partial charge in [0, 0.05) is 12.0 Å². The molecule has 0 amide bonds. The fourth-order valence-corrected chi connectivity index (χ4v) is 5.70. The number of hydrogen-bond donors (Lipinski definition) is 0. The van der Waals surface area contributed by atoms with E-state index in [0.29, 0.717) is 17.8 Å². The lowest BCUT2D eigenvalue weighted by Gasteiger charge is -2.51. The Kier molecular flexibility index (Phi) is 3.35. The number of esters is 1. The maximum atomic E-state index is 13.0. The molecule has 1 aromatic heterocycles. The standard InChI is InChI=1S/C19H26O3/c1-12-4-3-5-16-15(12)7-6-13(2)19(16)10-17(22-18(19)20)14-8-9-21-11-14/h8-9,11-13,15-17H,3-7,10H2,1-2H3/t12-,13-,15-,16+,17-,19?/m1/s1. The van der Waals surface area contributed by atoms with E-state index in [2.05, 4.69) is 13.8 Å². The topological polar surface area (TPSA) is 39.4 Å². The van der Waals surface area contributed by atoms with Crippen LogP contribution in [0.15, 0.2) is 23.0 Å². The second-order valence-electron chi connectivity index (χ2n) is 7.85. The SMILES string of the molecule is C[C@@H]1CCC[C@H]2[C@@H]1CC[C@@H](C)C21C[C@H](c2ccoc2)OC1=O. The van der Waals surface area contributed by atoms with E-state index in [1.807, 2.05) is 6.07 Å². The molecule has 2 aliphatic carbocycles. The molecule has 0 bridgehead atoms. The Morgan fingerprint density at radius 1 is 1.18 bits per heavy atom. The second-order valence-corrected chi connectivity index (χ2v) is 7.85. The summed E-state index contributed by atoms with van der Waals surface area (Å²) >= 11 is 0. The number of carbonyl (C=O) groups excluding carboxylic acids is 1. The van der Waals surface area contributed by atoms with Crippen LogP contribution in [0.1, 0.15) is 64.0 Å². The molecule has 2 heterocycles. The van der Waals surface area contributed by atoms with Gasteiger partial charge in [-0.15, -0.1) is 0 Å². The van der Waals surface area contributed by atoms with Gasteiger partial charge >= 0.3 is 5.97 Å². The molecule has 4 rings (SSSR count). The van der Waals surface area contributed by atoms with Crippen LogP contribution in [-0.4, -0.2) is 5.97 Å². The van der Waals surface area contributed by atoms with Crippen LogP contribution in [0.3, 0.4) is 0 Å². The first kappa shape index (κ1) is 14.3. The molecule has 2 saturated carbocycles. The Hall–Kier alpha value is -1.25. The van der Waals surface area contributed by atoms with Gasteiger partial charge < -0.3 is 9.15 Å². The molecule has 1 spiro atoms. The van der Waals surface area contributed by atoms with E-state index in [4.69, 9.17) is 9.15 Å². The molecule has 1 unspecified atom stereocenters. The largest absolute Gasteiger partial charge is 0.472 e. The molecule has 0 aromatic carbocycles. The molecule has 3 fully saturated rings. The summed E-state index contributed by atoms with van der Waals surface area (Å²) in [5, 5.41) is 0. The highest BCUT2D eigenvalue weighted by Gasteiger charge is 2.61. The lowest BCUT2D eigenvalue weighted by Crippen LogP contribution is -2.50. The van der Waals surface area contributed by atoms with Gasteiger partial charge in [0.15, 0.2) is 0 Å². The monoisotopic (exact) mass is 302 g/mol. The van der Waals surface area contributed by atoms with Gasteiger partial charge in [-0.25, -0.2) is 0 Å². The molecule has 6 atom stereocenters. The van der Waals surface area contributed by atoms with Crippen molar-refractivity contribution in [3.63, 3.8) is 0 Å². The van der Waals surface area contributed by atoms with Gasteiger partial charge in [0.05, 0.1) is 17.9 Å². The number of cyclic esters (lactones) is 1. The zero-order valence-corrected chi connectivity index (χ0v) is 13.6. The average molecular weight is 302 g/mol. The molecule has 3 aliphatic rings. The van der Waals surface area contributed by atoms with Crippen LogP contribution < -0.4 is 0 Å². The minimum atomic E-state index is -0.250. The van der Waals surface area contributed by atoms with E-state index in [-0.39, 0.29) is 17.5 Å². The predicted octanol–water partition coefficient (Wildman–Crippen LogP) is 4.74. The average Bonchev–Trinajstić information content (AvgIpc) is 3.13. The van der Waals surface area contributed by atoms with Gasteiger partial charge in [-0.05, 0) is 49.0 Å². The number of hydrogen-bond acceptors (Lipinski definition) is 3. The van der Waals surface area contributed by atoms with Crippen LogP contribution >= 0.6 is 0 Å². The van der Waals surface area contributed by atoms with E-state index in [0.717, 1.165) is 17.9 Å². The van der Waals surface area contributed by atoms with Crippen molar-refractivity contribution in [2.24, 2.45) is 29.1 Å². The zero-order valence-electron chi connectivity index (χ0n) is 13.6. The minimum Gasteiger partial charge on any atom is -0.472 e. The summed E-state index contributed by atoms with van der Waals surface area (Å²) in [6.07, 6.45) is 10.4. The molecule has 120 valence electrons. The van der Waals surface area contributed by atoms with Gasteiger partial charge in [0.2, 0.25) is 0 Å². The highest BCUT2D eigenvalue weighted by molar-refractivity contribution is 5.80. The minimum absolute atomic E-state index is 0.0648. The predicted molar refractivity (Wildman–Crippen MR) is 83.0 cm³/mol. The van der Waals surface area contributed by atoms with Gasteiger partial charge in [-0.3, -0.25) is 4.79 Å². The van der Waals surface area contributed by atoms with Crippen LogP contribution in [-0.2, 0) is 9.53 Å². The van der Waals surface area contributed by atoms with Crippen molar-refractivity contribution >= 4 is 5.97 Å². The van der Waals surface area contributed by atoms with Crippen molar-refractivity contribution in [2.45, 2.75) is 58.5 Å². The van der Waals surface area contributed by atoms with Crippen LogP contribution in [0.2, 0.25) is 0 Å². The van der Waals surface area contributed by atoms with Crippen LogP contribution in [0.5, 0.6) is 0 Å². The molecule has 3 heteroatoms. The smallest absolute Gasteiger partial charge is 0.313 e. The van der Waals surface area contributed by atoms with Crippen molar-refractivity contribution in [3.05, 3.63) is 24.2 Å². The highest BCUT2D eigenvalue weighted by Crippen LogP contribution is 2.61. The summed E-state index contributed by atoms with van der Waals surface area (Å²) in [4.78, 5) is 13.0. The first-order valence-corrected chi connectivity index (χ1v) is 8.86. The van der Waals surface area contributed by atoms with E-state index in [9.17, 15) is 4.79 Å². The Labute approximate surface area is 132 Å². The molecule has 1 aliphatic heterocycles. The molecular formula is C19H26O3. The normalized spacial score (nSPS) is 44.8. The zero-order chi connectivity index (χ0) is 15.3. The fourth-order valence-electron chi connectivity index (χ4n) is 5.70. The van der Waals surface area contributed by atoms with Gasteiger partial charge in [-0.2, -0.15) is 0 Å². The molecule has 0 radical (unpaired) electrons. The Balaban J connectivity index is 1.69. The summed E-state index contributed by atoms with van der Waals surface area (Å²) in [5.41, 5.74) is 0.767. The third-order valence-electron chi connectivity index (χ3n) is 6.96. The van der Waals surface area contributed by atoms with E-state index in [1.165, 1.54) is 32.1 Å². The van der Waals surface area contributed by atoms with Crippen molar-refractivity contribution in [1.82, 2.24) is 0 Å². The van der Waals surface area contributed by atoms with E-state index < -0.39 is 0 Å². The summed E-state index contributed by atoms with van der Waals surface area (Å²) in [7, 11) is 0. The van der Waals surface area contributed by atoms with E-state index in [1.54, 1.807) is 12.5 Å². The maximum Gasteiger partial charge on any atom is 0.313 e. The number of carbonyl (C=O) groups is 1. The van der Waals surface area contributed by atoms with Crippen molar-refractivity contribution < 1.29 is 13.9 Å². The van der Waals surface area contributed by atoms with Crippen molar-refractivity contribution in [1.29, 1.82) is 0 Å². The molecule has 1 saturated heterocycles. The number of ether oxygens (including phenoxy) is 1. The molecule has 22 heavy (non-hydrogen) atoms. The fraction of sp³-hybridized carbons (Fsp3) is 0.737. The van der Waals surface area contributed by atoms with Gasteiger partial charge in [-0.1, -0.05) is 26.7 Å². The number of fused-ring (bicyclic) bond motifs is 2. The first-order chi connectivity index (χ1) is 10.6. The summed E-state index contributed by atoms with van der Waals surface area (Å²) in [6.45, 7) is 4.66. The molecule has 0 N–H and O–H groups in total. The Morgan fingerprint density at radius 2 is 2.05 bits per heavy atom. The van der Waals surface area contributed by atoms with Gasteiger partial charge in [0.1, 0.15) is 6.10 Å². The van der Waals surface area contributed by atoms with Gasteiger partial charge in [0.25, 0.3) is 0 Å². The third-order valence-corrected chi connectivity index (χ3v) is 6.96. The van der Waals surface area contributed by atoms with Crippen molar-refractivity contribution in [2.75, 3.05) is 0 Å². The van der Waals surface area contributed by atoms with Crippen molar-refractivity contribution in [3.8, 4) is 0 Å². The third kappa shape index (κ3) is 1.90.